The number of pyridine rings is 1. The van der Waals surface area contributed by atoms with E-state index in [4.69, 9.17) is 4.42 Å². The molecule has 162 valence electrons. The first-order chi connectivity index (χ1) is 14.6. The highest BCUT2D eigenvalue weighted by Crippen LogP contribution is 2.16. The van der Waals surface area contributed by atoms with E-state index in [1.807, 2.05) is 27.7 Å². The Bertz CT molecular complexity index is 1260. The molecule has 31 heavy (non-hydrogen) atoms. The van der Waals surface area contributed by atoms with Gasteiger partial charge in [0.15, 0.2) is 11.2 Å². The molecule has 3 aromatic rings. The third-order valence-electron chi connectivity index (χ3n) is 4.88. The highest BCUT2D eigenvalue weighted by atomic mass is 16.3. The molecule has 3 rings (SSSR count). The molecule has 0 aliphatic heterocycles. The molecule has 0 atom stereocenters. The minimum Gasteiger partial charge on any atom is -0.451 e. The van der Waals surface area contributed by atoms with Crippen LogP contribution in [0.4, 0.5) is 5.69 Å². The SMILES string of the molecule is CC(C)N(C(=O)c1cc(NC(=O)c2cc(=O)c3ccccc3o2)c(=O)n(C)c1)C(C)C. The average molecular weight is 423 g/mol. The monoisotopic (exact) mass is 423 g/mol. The van der Waals surface area contributed by atoms with E-state index in [2.05, 4.69) is 5.32 Å². The predicted octanol–water partition coefficient (Wildman–Crippen LogP) is 3.00. The number of para-hydroxylation sites is 1. The Kier molecular flexibility index (Phi) is 6.10. The molecule has 0 radical (unpaired) electrons. The highest BCUT2D eigenvalue weighted by molar-refractivity contribution is 6.03. The molecule has 1 N–H and O–H groups in total. The molecule has 0 spiro atoms. The van der Waals surface area contributed by atoms with Gasteiger partial charge in [-0.3, -0.25) is 19.2 Å². The fourth-order valence-corrected chi connectivity index (χ4v) is 3.53. The largest absolute Gasteiger partial charge is 0.451 e. The van der Waals surface area contributed by atoms with Crippen LogP contribution in [0.1, 0.15) is 48.6 Å². The topological polar surface area (TPSA) is 102 Å². The minimum absolute atomic E-state index is 0.0466. The Balaban J connectivity index is 1.98. The quantitative estimate of drug-likeness (QED) is 0.680. The van der Waals surface area contributed by atoms with Crippen LogP contribution in [-0.4, -0.2) is 33.4 Å². The van der Waals surface area contributed by atoms with Crippen molar-refractivity contribution < 1.29 is 14.0 Å². The molecule has 2 amide bonds. The first-order valence-electron chi connectivity index (χ1n) is 9.97. The van der Waals surface area contributed by atoms with Crippen LogP contribution in [0.5, 0.6) is 0 Å². The maximum Gasteiger partial charge on any atom is 0.291 e. The summed E-state index contributed by atoms with van der Waals surface area (Å²) in [4.78, 5) is 52.3. The van der Waals surface area contributed by atoms with Crippen LogP contribution >= 0.6 is 0 Å². The summed E-state index contributed by atoms with van der Waals surface area (Å²) < 4.78 is 6.76. The molecule has 0 bridgehead atoms. The van der Waals surface area contributed by atoms with Gasteiger partial charge >= 0.3 is 0 Å². The summed E-state index contributed by atoms with van der Waals surface area (Å²) in [6.07, 6.45) is 1.44. The summed E-state index contributed by atoms with van der Waals surface area (Å²) in [5, 5.41) is 2.83. The van der Waals surface area contributed by atoms with Crippen LogP contribution in [-0.2, 0) is 7.05 Å². The van der Waals surface area contributed by atoms with Gasteiger partial charge in [0.05, 0.1) is 10.9 Å². The van der Waals surface area contributed by atoms with Crippen molar-refractivity contribution in [1.29, 1.82) is 0 Å². The summed E-state index contributed by atoms with van der Waals surface area (Å²) in [6, 6.07) is 8.90. The van der Waals surface area contributed by atoms with Crippen LogP contribution in [0.2, 0.25) is 0 Å². The van der Waals surface area contributed by atoms with Gasteiger partial charge in [0.1, 0.15) is 11.3 Å². The lowest BCUT2D eigenvalue weighted by Crippen LogP contribution is -2.42. The zero-order valence-electron chi connectivity index (χ0n) is 18.1. The number of benzene rings is 1. The van der Waals surface area contributed by atoms with Gasteiger partial charge in [-0.05, 0) is 45.9 Å². The molecule has 0 saturated heterocycles. The van der Waals surface area contributed by atoms with Crippen molar-refractivity contribution in [2.45, 2.75) is 39.8 Å². The molecule has 8 nitrogen and oxygen atoms in total. The number of anilines is 1. The van der Waals surface area contributed by atoms with E-state index < -0.39 is 11.5 Å². The summed E-state index contributed by atoms with van der Waals surface area (Å²) in [7, 11) is 1.50. The molecular formula is C23H25N3O5. The van der Waals surface area contributed by atoms with Crippen molar-refractivity contribution in [3.05, 3.63) is 74.5 Å². The van der Waals surface area contributed by atoms with Crippen molar-refractivity contribution >= 4 is 28.5 Å². The molecule has 0 aliphatic carbocycles. The lowest BCUT2D eigenvalue weighted by molar-refractivity contribution is 0.0642. The Morgan fingerprint density at radius 3 is 2.32 bits per heavy atom. The first-order valence-corrected chi connectivity index (χ1v) is 9.97. The van der Waals surface area contributed by atoms with Crippen molar-refractivity contribution in [3.63, 3.8) is 0 Å². The molecule has 0 aliphatic rings. The van der Waals surface area contributed by atoms with E-state index in [1.54, 1.807) is 29.2 Å². The van der Waals surface area contributed by atoms with Crippen LogP contribution in [0.25, 0.3) is 11.0 Å². The third kappa shape index (κ3) is 4.42. The van der Waals surface area contributed by atoms with Crippen molar-refractivity contribution in [2.75, 3.05) is 5.32 Å². The number of aromatic nitrogens is 1. The Labute approximate surface area is 179 Å². The number of nitrogens with one attached hydrogen (secondary N) is 1. The van der Waals surface area contributed by atoms with Gasteiger partial charge in [0.2, 0.25) is 0 Å². The number of carbonyl (C=O) groups excluding carboxylic acids is 2. The second kappa shape index (κ2) is 8.59. The molecule has 8 heteroatoms. The molecular weight excluding hydrogens is 398 g/mol. The van der Waals surface area contributed by atoms with Crippen LogP contribution < -0.4 is 16.3 Å². The zero-order valence-corrected chi connectivity index (χ0v) is 18.1. The van der Waals surface area contributed by atoms with E-state index in [-0.39, 0.29) is 46.0 Å². The molecule has 2 aromatic heterocycles. The zero-order chi connectivity index (χ0) is 22.9. The van der Waals surface area contributed by atoms with Gasteiger partial charge in [0.25, 0.3) is 17.4 Å². The van der Waals surface area contributed by atoms with Gasteiger partial charge in [-0.25, -0.2) is 0 Å². The average Bonchev–Trinajstić information content (AvgIpc) is 2.70. The molecule has 0 saturated carbocycles. The molecule has 0 fully saturated rings. The summed E-state index contributed by atoms with van der Waals surface area (Å²) in [5.41, 5.74) is -0.412. The molecule has 2 heterocycles. The van der Waals surface area contributed by atoms with Gasteiger partial charge < -0.3 is 19.2 Å². The van der Waals surface area contributed by atoms with Gasteiger partial charge in [-0.1, -0.05) is 12.1 Å². The van der Waals surface area contributed by atoms with Crippen LogP contribution in [0, 0.1) is 0 Å². The number of hydrogen-bond donors (Lipinski definition) is 1. The van der Waals surface area contributed by atoms with E-state index in [1.165, 1.54) is 23.9 Å². The number of fused-ring (bicyclic) bond motifs is 1. The number of hydrogen-bond acceptors (Lipinski definition) is 5. The predicted molar refractivity (Wildman–Crippen MR) is 119 cm³/mol. The fraction of sp³-hybridized carbons (Fsp3) is 0.304. The Morgan fingerprint density at radius 1 is 1.03 bits per heavy atom. The second-order valence-corrected chi connectivity index (χ2v) is 7.88. The van der Waals surface area contributed by atoms with Crippen LogP contribution in [0.15, 0.2) is 56.6 Å². The molecule has 1 aromatic carbocycles. The smallest absolute Gasteiger partial charge is 0.291 e. The van der Waals surface area contributed by atoms with E-state index in [0.717, 1.165) is 6.07 Å². The second-order valence-electron chi connectivity index (χ2n) is 7.88. The number of rotatable bonds is 5. The number of carbonyl (C=O) groups is 2. The van der Waals surface area contributed by atoms with Gasteiger partial charge in [-0.15, -0.1) is 0 Å². The van der Waals surface area contributed by atoms with E-state index in [9.17, 15) is 19.2 Å². The van der Waals surface area contributed by atoms with Crippen molar-refractivity contribution in [2.24, 2.45) is 7.05 Å². The maximum atomic E-state index is 13.0. The third-order valence-corrected chi connectivity index (χ3v) is 4.88. The van der Waals surface area contributed by atoms with Gasteiger partial charge in [0, 0.05) is 31.4 Å². The summed E-state index contributed by atoms with van der Waals surface area (Å²) in [6.45, 7) is 7.63. The standard InChI is InChI=1S/C23H25N3O5/c1-13(2)26(14(3)4)22(29)15-10-17(23(30)25(5)12-15)24-21(28)20-11-18(27)16-8-6-7-9-19(16)31-20/h6-14H,1-5H3,(H,24,28). The number of nitrogens with zero attached hydrogens (tertiary/aromatic N) is 2. The van der Waals surface area contributed by atoms with Crippen molar-refractivity contribution in [1.82, 2.24) is 9.47 Å². The van der Waals surface area contributed by atoms with E-state index >= 15 is 0 Å². The highest BCUT2D eigenvalue weighted by Gasteiger charge is 2.23. The van der Waals surface area contributed by atoms with Gasteiger partial charge in [-0.2, -0.15) is 0 Å². The first kappa shape index (κ1) is 22.0. The summed E-state index contributed by atoms with van der Waals surface area (Å²) >= 11 is 0. The summed E-state index contributed by atoms with van der Waals surface area (Å²) in [5.74, 6) is -1.24. The number of amides is 2. The van der Waals surface area contributed by atoms with Crippen molar-refractivity contribution in [3.8, 4) is 0 Å². The molecule has 0 unspecified atom stereocenters. The maximum absolute atomic E-state index is 13.0. The number of aryl methyl sites for hydroxylation is 1. The van der Waals surface area contributed by atoms with E-state index in [0.29, 0.717) is 5.39 Å². The lowest BCUT2D eigenvalue weighted by atomic mass is 10.1. The normalized spacial score (nSPS) is 11.2. The Hall–Kier alpha value is -3.68. The Morgan fingerprint density at radius 2 is 1.68 bits per heavy atom. The minimum atomic E-state index is -0.755. The fourth-order valence-electron chi connectivity index (χ4n) is 3.53. The lowest BCUT2D eigenvalue weighted by Gasteiger charge is -2.31. The van der Waals surface area contributed by atoms with Crippen LogP contribution in [0.3, 0.4) is 0 Å².